The van der Waals surface area contributed by atoms with E-state index in [4.69, 9.17) is 4.74 Å². The summed E-state index contributed by atoms with van der Waals surface area (Å²) in [6.45, 7) is 1.12. The molecule has 150 valence electrons. The molecule has 0 saturated carbocycles. The van der Waals surface area contributed by atoms with Crippen LogP contribution in [0.1, 0.15) is 25.9 Å². The van der Waals surface area contributed by atoms with Gasteiger partial charge in [0.05, 0.1) is 20.3 Å². The van der Waals surface area contributed by atoms with Crippen LogP contribution in [-0.2, 0) is 16.0 Å². The lowest BCUT2D eigenvalue weighted by molar-refractivity contribution is 0.0594. The molecule has 0 spiro atoms. The number of methoxy groups -OCH3 is 2. The SMILES string of the molecule is COCCN(Cc1nc(C(=O)OC)cs1)C(=O)c1ccc(-c2ccccc2)cc1. The van der Waals surface area contributed by atoms with Gasteiger partial charge in [0.25, 0.3) is 5.91 Å². The number of thiazole rings is 1. The second-order valence-corrected chi connectivity index (χ2v) is 7.22. The molecular weight excluding hydrogens is 388 g/mol. The van der Waals surface area contributed by atoms with E-state index in [-0.39, 0.29) is 11.6 Å². The molecular formula is C22H22N2O4S. The zero-order valence-corrected chi connectivity index (χ0v) is 17.1. The van der Waals surface area contributed by atoms with Crippen LogP contribution in [0.2, 0.25) is 0 Å². The van der Waals surface area contributed by atoms with Crippen molar-refractivity contribution < 1.29 is 19.1 Å². The first kappa shape index (κ1) is 20.7. The maximum absolute atomic E-state index is 13.1. The summed E-state index contributed by atoms with van der Waals surface area (Å²) in [4.78, 5) is 30.6. The highest BCUT2D eigenvalue weighted by Crippen LogP contribution is 2.21. The van der Waals surface area contributed by atoms with Crippen molar-refractivity contribution in [3.05, 3.63) is 76.2 Å². The summed E-state index contributed by atoms with van der Waals surface area (Å²) in [5.41, 5.74) is 2.98. The average Bonchev–Trinajstić information content (AvgIpc) is 3.25. The lowest BCUT2D eigenvalue weighted by Gasteiger charge is -2.21. The summed E-state index contributed by atoms with van der Waals surface area (Å²) in [6.07, 6.45) is 0. The molecule has 0 fully saturated rings. The molecule has 0 radical (unpaired) electrons. The minimum Gasteiger partial charge on any atom is -0.464 e. The Morgan fingerprint density at radius 1 is 1.00 bits per heavy atom. The molecule has 0 aliphatic rings. The predicted octanol–water partition coefficient (Wildman–Crippen LogP) is 3.89. The van der Waals surface area contributed by atoms with Gasteiger partial charge in [-0.05, 0) is 23.3 Å². The maximum Gasteiger partial charge on any atom is 0.357 e. The summed E-state index contributed by atoms with van der Waals surface area (Å²) in [7, 11) is 2.91. The topological polar surface area (TPSA) is 68.7 Å². The highest BCUT2D eigenvalue weighted by molar-refractivity contribution is 7.09. The van der Waals surface area contributed by atoms with Crippen molar-refractivity contribution in [1.29, 1.82) is 0 Å². The van der Waals surface area contributed by atoms with Crippen molar-refractivity contribution in [1.82, 2.24) is 9.88 Å². The molecule has 0 aliphatic carbocycles. The number of carbonyl (C=O) groups excluding carboxylic acids is 2. The molecule has 7 heteroatoms. The lowest BCUT2D eigenvalue weighted by atomic mass is 10.0. The number of amides is 1. The molecule has 0 aliphatic heterocycles. The van der Waals surface area contributed by atoms with Crippen LogP contribution in [-0.4, -0.2) is 49.1 Å². The summed E-state index contributed by atoms with van der Waals surface area (Å²) in [5.74, 6) is -0.602. The Morgan fingerprint density at radius 2 is 1.69 bits per heavy atom. The van der Waals surface area contributed by atoms with Crippen LogP contribution in [0.5, 0.6) is 0 Å². The van der Waals surface area contributed by atoms with Crippen LogP contribution < -0.4 is 0 Å². The van der Waals surface area contributed by atoms with E-state index in [1.807, 2.05) is 54.6 Å². The predicted molar refractivity (Wildman–Crippen MR) is 112 cm³/mol. The second kappa shape index (κ2) is 9.95. The van der Waals surface area contributed by atoms with Gasteiger partial charge in [-0.3, -0.25) is 4.79 Å². The number of ether oxygens (including phenoxy) is 2. The van der Waals surface area contributed by atoms with E-state index in [9.17, 15) is 9.59 Å². The van der Waals surface area contributed by atoms with Gasteiger partial charge in [-0.2, -0.15) is 0 Å². The van der Waals surface area contributed by atoms with E-state index in [0.29, 0.717) is 30.3 Å². The highest BCUT2D eigenvalue weighted by Gasteiger charge is 2.19. The van der Waals surface area contributed by atoms with E-state index in [2.05, 4.69) is 9.72 Å². The number of esters is 1. The smallest absolute Gasteiger partial charge is 0.357 e. The van der Waals surface area contributed by atoms with Gasteiger partial charge < -0.3 is 14.4 Å². The Kier molecular flexibility index (Phi) is 7.10. The Morgan fingerprint density at radius 3 is 2.34 bits per heavy atom. The molecule has 1 heterocycles. The van der Waals surface area contributed by atoms with Gasteiger partial charge in [0, 0.05) is 24.6 Å². The van der Waals surface area contributed by atoms with Gasteiger partial charge in [0.2, 0.25) is 0 Å². The van der Waals surface area contributed by atoms with Crippen molar-refractivity contribution in [3.8, 4) is 11.1 Å². The highest BCUT2D eigenvalue weighted by atomic mass is 32.1. The summed E-state index contributed by atoms with van der Waals surface area (Å²) < 4.78 is 9.84. The van der Waals surface area contributed by atoms with Gasteiger partial charge in [-0.15, -0.1) is 11.3 Å². The minimum absolute atomic E-state index is 0.114. The van der Waals surface area contributed by atoms with E-state index in [1.54, 1.807) is 17.4 Å². The van der Waals surface area contributed by atoms with Crippen LogP contribution in [0.3, 0.4) is 0 Å². The first-order valence-electron chi connectivity index (χ1n) is 9.08. The Bertz CT molecular complexity index is 954. The van der Waals surface area contributed by atoms with E-state index in [1.165, 1.54) is 18.4 Å². The third-order valence-corrected chi connectivity index (χ3v) is 5.20. The lowest BCUT2D eigenvalue weighted by Crippen LogP contribution is -2.33. The van der Waals surface area contributed by atoms with Crippen molar-refractivity contribution in [2.45, 2.75) is 6.54 Å². The summed E-state index contributed by atoms with van der Waals surface area (Å²) in [5, 5.41) is 2.30. The third kappa shape index (κ3) is 5.28. The number of benzene rings is 2. The third-order valence-electron chi connectivity index (χ3n) is 4.36. The Hall–Kier alpha value is -3.03. The molecule has 0 atom stereocenters. The van der Waals surface area contributed by atoms with Gasteiger partial charge in [-0.1, -0.05) is 42.5 Å². The first-order valence-corrected chi connectivity index (χ1v) is 9.96. The number of hydrogen-bond donors (Lipinski definition) is 0. The Labute approximate surface area is 173 Å². The molecule has 1 amide bonds. The van der Waals surface area contributed by atoms with E-state index in [0.717, 1.165) is 11.1 Å². The second-order valence-electron chi connectivity index (χ2n) is 6.28. The van der Waals surface area contributed by atoms with Crippen LogP contribution in [0.4, 0.5) is 0 Å². The molecule has 0 N–H and O–H groups in total. The zero-order valence-electron chi connectivity index (χ0n) is 16.3. The number of rotatable bonds is 8. The van der Waals surface area contributed by atoms with Crippen molar-refractivity contribution in [2.24, 2.45) is 0 Å². The largest absolute Gasteiger partial charge is 0.464 e. The van der Waals surface area contributed by atoms with E-state index < -0.39 is 5.97 Å². The number of nitrogens with zero attached hydrogens (tertiary/aromatic N) is 2. The quantitative estimate of drug-likeness (QED) is 0.527. The van der Waals surface area contributed by atoms with Gasteiger partial charge >= 0.3 is 5.97 Å². The molecule has 0 saturated heterocycles. The fourth-order valence-corrected chi connectivity index (χ4v) is 3.60. The van der Waals surface area contributed by atoms with Gasteiger partial charge in [0.1, 0.15) is 5.01 Å². The molecule has 6 nitrogen and oxygen atoms in total. The molecule has 1 aromatic heterocycles. The Balaban J connectivity index is 1.76. The van der Waals surface area contributed by atoms with E-state index >= 15 is 0 Å². The normalized spacial score (nSPS) is 10.6. The maximum atomic E-state index is 13.1. The standard InChI is InChI=1S/C22H22N2O4S/c1-27-13-12-24(14-20-23-19(15-29-20)22(26)28-2)21(25)18-10-8-17(9-11-18)16-6-4-3-5-7-16/h3-11,15H,12-14H2,1-2H3. The van der Waals surface area contributed by atoms with Crippen LogP contribution in [0.25, 0.3) is 11.1 Å². The summed E-state index contributed by atoms with van der Waals surface area (Å²) >= 11 is 1.32. The average molecular weight is 410 g/mol. The zero-order chi connectivity index (χ0) is 20.6. The van der Waals surface area contributed by atoms with Crippen molar-refractivity contribution >= 4 is 23.2 Å². The van der Waals surface area contributed by atoms with Crippen LogP contribution >= 0.6 is 11.3 Å². The number of carbonyl (C=O) groups is 2. The molecule has 3 rings (SSSR count). The number of aromatic nitrogens is 1. The minimum atomic E-state index is -0.487. The fourth-order valence-electron chi connectivity index (χ4n) is 2.82. The van der Waals surface area contributed by atoms with Gasteiger partial charge in [-0.25, -0.2) is 9.78 Å². The van der Waals surface area contributed by atoms with Crippen molar-refractivity contribution in [2.75, 3.05) is 27.4 Å². The van der Waals surface area contributed by atoms with Crippen molar-refractivity contribution in [3.63, 3.8) is 0 Å². The van der Waals surface area contributed by atoms with Crippen LogP contribution in [0, 0.1) is 0 Å². The summed E-state index contributed by atoms with van der Waals surface area (Å²) in [6, 6.07) is 17.5. The molecule has 29 heavy (non-hydrogen) atoms. The molecule has 2 aromatic carbocycles. The van der Waals surface area contributed by atoms with Gasteiger partial charge in [0.15, 0.2) is 5.69 Å². The first-order chi connectivity index (χ1) is 14.1. The molecule has 3 aromatic rings. The number of hydrogen-bond acceptors (Lipinski definition) is 6. The molecule has 0 bridgehead atoms. The fraction of sp³-hybridized carbons (Fsp3) is 0.227. The monoisotopic (exact) mass is 410 g/mol. The molecule has 0 unspecified atom stereocenters. The van der Waals surface area contributed by atoms with Crippen LogP contribution in [0.15, 0.2) is 60.0 Å².